The second-order valence-corrected chi connectivity index (χ2v) is 7.73. The van der Waals surface area contributed by atoms with Gasteiger partial charge in [0.05, 0.1) is 37.4 Å². The SMILES string of the molecule is CCOC(=O)C1=C(COC(=O)Cc2ccc3c(c2)OCCO3)NC(=O)N[C@@H]1c1ccc(OC)cc1. The molecule has 2 aromatic carbocycles. The van der Waals surface area contributed by atoms with E-state index in [4.69, 9.17) is 23.7 Å². The summed E-state index contributed by atoms with van der Waals surface area (Å²) in [6.45, 7) is 2.43. The smallest absolute Gasteiger partial charge is 0.338 e. The average molecular weight is 482 g/mol. The molecule has 0 fully saturated rings. The van der Waals surface area contributed by atoms with Gasteiger partial charge in [0.15, 0.2) is 11.5 Å². The monoisotopic (exact) mass is 482 g/mol. The highest BCUT2D eigenvalue weighted by Crippen LogP contribution is 2.31. The van der Waals surface area contributed by atoms with Crippen molar-refractivity contribution < 1.29 is 38.1 Å². The Balaban J connectivity index is 1.52. The summed E-state index contributed by atoms with van der Waals surface area (Å²) in [5.41, 5.74) is 1.64. The average Bonchev–Trinajstić information content (AvgIpc) is 2.87. The Kier molecular flexibility index (Phi) is 7.39. The van der Waals surface area contributed by atoms with Gasteiger partial charge in [0.1, 0.15) is 25.6 Å². The Morgan fingerprint density at radius 3 is 2.49 bits per heavy atom. The molecule has 35 heavy (non-hydrogen) atoms. The van der Waals surface area contributed by atoms with Crippen LogP contribution < -0.4 is 24.8 Å². The van der Waals surface area contributed by atoms with Gasteiger partial charge in [-0.25, -0.2) is 9.59 Å². The zero-order valence-electron chi connectivity index (χ0n) is 19.4. The van der Waals surface area contributed by atoms with Crippen molar-refractivity contribution in [2.45, 2.75) is 19.4 Å². The lowest BCUT2D eigenvalue weighted by Crippen LogP contribution is -2.47. The summed E-state index contributed by atoms with van der Waals surface area (Å²) in [6, 6.07) is 10.8. The molecular formula is C25H26N2O8. The molecule has 1 atom stereocenters. The van der Waals surface area contributed by atoms with Crippen LogP contribution in [0.15, 0.2) is 53.7 Å². The molecule has 0 unspecified atom stereocenters. The maximum Gasteiger partial charge on any atom is 0.338 e. The number of methoxy groups -OCH3 is 1. The first-order valence-electron chi connectivity index (χ1n) is 11.1. The molecule has 0 spiro atoms. The molecule has 0 aliphatic carbocycles. The van der Waals surface area contributed by atoms with Crippen LogP contribution in [-0.2, 0) is 25.5 Å². The van der Waals surface area contributed by atoms with Crippen LogP contribution in [0, 0.1) is 0 Å². The Morgan fingerprint density at radius 1 is 1.03 bits per heavy atom. The number of carbonyl (C=O) groups excluding carboxylic acids is 3. The molecule has 184 valence electrons. The molecule has 2 amide bonds. The van der Waals surface area contributed by atoms with Gasteiger partial charge in [0.25, 0.3) is 0 Å². The number of rotatable bonds is 8. The topological polar surface area (TPSA) is 121 Å². The first-order chi connectivity index (χ1) is 17.0. The van der Waals surface area contributed by atoms with Crippen molar-refractivity contribution in [3.63, 3.8) is 0 Å². The number of carbonyl (C=O) groups is 3. The van der Waals surface area contributed by atoms with Gasteiger partial charge in [-0.15, -0.1) is 0 Å². The molecule has 10 heteroatoms. The van der Waals surface area contributed by atoms with E-state index in [-0.39, 0.29) is 30.9 Å². The van der Waals surface area contributed by atoms with E-state index in [1.54, 1.807) is 56.5 Å². The predicted molar refractivity (Wildman–Crippen MR) is 123 cm³/mol. The number of nitrogens with one attached hydrogen (secondary N) is 2. The second-order valence-electron chi connectivity index (χ2n) is 7.73. The van der Waals surface area contributed by atoms with Crippen LogP contribution in [0.25, 0.3) is 0 Å². The Labute approximate surface area is 202 Å². The molecule has 2 heterocycles. The highest BCUT2D eigenvalue weighted by molar-refractivity contribution is 5.95. The summed E-state index contributed by atoms with van der Waals surface area (Å²) >= 11 is 0. The molecule has 0 saturated carbocycles. The summed E-state index contributed by atoms with van der Waals surface area (Å²) in [4.78, 5) is 37.8. The Morgan fingerprint density at radius 2 is 1.77 bits per heavy atom. The number of urea groups is 1. The quantitative estimate of drug-likeness (QED) is 0.551. The van der Waals surface area contributed by atoms with E-state index in [0.29, 0.717) is 41.6 Å². The van der Waals surface area contributed by atoms with Gasteiger partial charge in [-0.1, -0.05) is 18.2 Å². The van der Waals surface area contributed by atoms with Crippen molar-refractivity contribution in [2.24, 2.45) is 0 Å². The minimum atomic E-state index is -0.791. The van der Waals surface area contributed by atoms with Crippen molar-refractivity contribution >= 4 is 18.0 Å². The first-order valence-corrected chi connectivity index (χ1v) is 11.1. The van der Waals surface area contributed by atoms with Crippen LogP contribution in [0.4, 0.5) is 4.79 Å². The van der Waals surface area contributed by atoms with Crippen molar-refractivity contribution in [1.29, 1.82) is 0 Å². The van der Waals surface area contributed by atoms with Crippen LogP contribution in [0.3, 0.4) is 0 Å². The fraction of sp³-hybridized carbons (Fsp3) is 0.320. The molecule has 2 aliphatic heterocycles. The van der Waals surface area contributed by atoms with Gasteiger partial charge in [-0.2, -0.15) is 0 Å². The van der Waals surface area contributed by atoms with Crippen molar-refractivity contribution in [3.05, 3.63) is 64.9 Å². The molecule has 2 N–H and O–H groups in total. The molecular weight excluding hydrogens is 456 g/mol. The van der Waals surface area contributed by atoms with Crippen molar-refractivity contribution in [2.75, 3.05) is 33.5 Å². The largest absolute Gasteiger partial charge is 0.497 e. The Hall–Kier alpha value is -4.21. The molecule has 0 aromatic heterocycles. The minimum absolute atomic E-state index is 0.0211. The summed E-state index contributed by atoms with van der Waals surface area (Å²) in [7, 11) is 1.54. The lowest BCUT2D eigenvalue weighted by atomic mass is 9.95. The third-order valence-electron chi connectivity index (χ3n) is 5.43. The number of esters is 2. The summed E-state index contributed by atoms with van der Waals surface area (Å²) < 4.78 is 26.9. The molecule has 10 nitrogen and oxygen atoms in total. The molecule has 0 radical (unpaired) electrons. The lowest BCUT2D eigenvalue weighted by Gasteiger charge is -2.29. The zero-order valence-corrected chi connectivity index (χ0v) is 19.4. The first kappa shape index (κ1) is 23.9. The van der Waals surface area contributed by atoms with E-state index in [1.807, 2.05) is 0 Å². The molecule has 2 aliphatic rings. The second kappa shape index (κ2) is 10.8. The number of ether oxygens (including phenoxy) is 5. The van der Waals surface area contributed by atoms with Gasteiger partial charge in [-0.05, 0) is 42.3 Å². The maximum absolute atomic E-state index is 12.8. The van der Waals surface area contributed by atoms with Gasteiger partial charge in [0, 0.05) is 0 Å². The fourth-order valence-electron chi connectivity index (χ4n) is 3.80. The van der Waals surface area contributed by atoms with E-state index in [9.17, 15) is 14.4 Å². The van der Waals surface area contributed by atoms with Crippen LogP contribution in [0.5, 0.6) is 17.2 Å². The minimum Gasteiger partial charge on any atom is -0.497 e. The van der Waals surface area contributed by atoms with Crippen LogP contribution >= 0.6 is 0 Å². The van der Waals surface area contributed by atoms with Crippen LogP contribution in [-0.4, -0.2) is 51.5 Å². The number of hydrogen-bond donors (Lipinski definition) is 2. The fourth-order valence-corrected chi connectivity index (χ4v) is 3.80. The summed E-state index contributed by atoms with van der Waals surface area (Å²) in [5, 5.41) is 5.31. The third kappa shape index (κ3) is 5.65. The molecule has 2 aromatic rings. The number of fused-ring (bicyclic) bond motifs is 1. The molecule has 0 saturated heterocycles. The standard InChI is InChI=1S/C25H26N2O8/c1-3-32-24(29)22-18(26-25(30)27-23(22)16-5-7-17(31-2)8-6-16)14-35-21(28)13-15-4-9-19-20(12-15)34-11-10-33-19/h4-9,12,23H,3,10-11,13-14H2,1-2H3,(H2,26,27,30)/t23-/m1/s1. The Bertz CT molecular complexity index is 1140. The highest BCUT2D eigenvalue weighted by Gasteiger charge is 2.34. The number of amides is 2. The third-order valence-corrected chi connectivity index (χ3v) is 5.43. The summed E-state index contributed by atoms with van der Waals surface area (Å²) in [6.07, 6.45) is -0.0211. The van der Waals surface area contributed by atoms with E-state index in [0.717, 1.165) is 0 Å². The number of benzene rings is 2. The van der Waals surface area contributed by atoms with E-state index >= 15 is 0 Å². The van der Waals surface area contributed by atoms with Gasteiger partial charge in [0.2, 0.25) is 0 Å². The zero-order chi connectivity index (χ0) is 24.8. The molecule has 0 bridgehead atoms. The van der Waals surface area contributed by atoms with Crippen LogP contribution in [0.1, 0.15) is 24.1 Å². The van der Waals surface area contributed by atoms with E-state index in [2.05, 4.69) is 10.6 Å². The van der Waals surface area contributed by atoms with E-state index in [1.165, 1.54) is 0 Å². The highest BCUT2D eigenvalue weighted by atomic mass is 16.6. The van der Waals surface area contributed by atoms with E-state index < -0.39 is 24.0 Å². The maximum atomic E-state index is 12.8. The lowest BCUT2D eigenvalue weighted by molar-refractivity contribution is -0.143. The van der Waals surface area contributed by atoms with Crippen molar-refractivity contribution in [1.82, 2.24) is 10.6 Å². The predicted octanol–water partition coefficient (Wildman–Crippen LogP) is 2.42. The summed E-state index contributed by atoms with van der Waals surface area (Å²) in [5.74, 6) is 0.662. The number of hydrogen-bond acceptors (Lipinski definition) is 8. The van der Waals surface area contributed by atoms with Gasteiger partial charge in [-0.3, -0.25) is 4.79 Å². The van der Waals surface area contributed by atoms with Gasteiger partial charge < -0.3 is 34.3 Å². The van der Waals surface area contributed by atoms with Crippen molar-refractivity contribution in [3.8, 4) is 17.2 Å². The molecule has 4 rings (SSSR count). The normalized spacial score (nSPS) is 16.6. The van der Waals surface area contributed by atoms with Crippen LogP contribution in [0.2, 0.25) is 0 Å². The van der Waals surface area contributed by atoms with Gasteiger partial charge >= 0.3 is 18.0 Å².